The van der Waals surface area contributed by atoms with Gasteiger partial charge in [0, 0.05) is 19.4 Å². The van der Waals surface area contributed by atoms with Gasteiger partial charge in [-0.05, 0) is 24.3 Å². The van der Waals surface area contributed by atoms with Crippen LogP contribution in [0.25, 0.3) is 5.69 Å². The van der Waals surface area contributed by atoms with Crippen molar-refractivity contribution < 1.29 is 5.11 Å². The lowest BCUT2D eigenvalue weighted by Gasteiger charge is -2.08. The number of aryl methyl sites for hydroxylation is 1. The van der Waals surface area contributed by atoms with E-state index in [-0.39, 0.29) is 0 Å². The number of nitrogens with zero attached hydrogens (tertiary/aromatic N) is 4. The Hall–Kier alpha value is -2.40. The number of hydrogen-bond donors (Lipinski definition) is 1. The molecule has 0 saturated carbocycles. The molecule has 0 amide bonds. The monoisotopic (exact) mass is 254 g/mol. The van der Waals surface area contributed by atoms with Crippen LogP contribution in [0.2, 0.25) is 0 Å². The minimum atomic E-state index is -0.766. The number of hydrogen-bond acceptors (Lipinski definition) is 3. The fraction of sp³-hybridized carbons (Fsp3) is 0.143. The molecule has 1 N–H and O–H groups in total. The Morgan fingerprint density at radius 3 is 2.58 bits per heavy atom. The topological polar surface area (TPSA) is 55.9 Å². The van der Waals surface area contributed by atoms with Crippen LogP contribution in [0, 0.1) is 0 Å². The molecule has 0 spiro atoms. The SMILES string of the molecule is Cn1nccc1C(O)c1ccn(-c2ccccc2)n1. The van der Waals surface area contributed by atoms with Crippen molar-refractivity contribution in [1.82, 2.24) is 19.6 Å². The summed E-state index contributed by atoms with van der Waals surface area (Å²) in [6.07, 6.45) is 2.73. The van der Waals surface area contributed by atoms with Crippen LogP contribution in [0.5, 0.6) is 0 Å². The van der Waals surface area contributed by atoms with Gasteiger partial charge in [-0.3, -0.25) is 4.68 Å². The lowest BCUT2D eigenvalue weighted by molar-refractivity contribution is 0.204. The number of aromatic nitrogens is 4. The van der Waals surface area contributed by atoms with Crippen molar-refractivity contribution >= 4 is 0 Å². The van der Waals surface area contributed by atoms with Crippen LogP contribution in [0.1, 0.15) is 17.5 Å². The molecule has 3 aromatic rings. The van der Waals surface area contributed by atoms with Gasteiger partial charge >= 0.3 is 0 Å². The Morgan fingerprint density at radius 2 is 1.89 bits per heavy atom. The standard InChI is InChI=1S/C14H14N4O/c1-17-13(7-9-15-17)14(19)12-8-10-18(16-12)11-5-3-2-4-6-11/h2-10,14,19H,1H3. The van der Waals surface area contributed by atoms with Gasteiger partial charge in [0.15, 0.2) is 0 Å². The zero-order chi connectivity index (χ0) is 13.2. The van der Waals surface area contributed by atoms with Crippen molar-refractivity contribution in [3.05, 3.63) is 66.2 Å². The third kappa shape index (κ3) is 2.15. The maximum Gasteiger partial charge on any atom is 0.139 e. The number of para-hydroxylation sites is 1. The Morgan fingerprint density at radius 1 is 1.11 bits per heavy atom. The highest BCUT2D eigenvalue weighted by molar-refractivity contribution is 5.31. The van der Waals surface area contributed by atoms with Gasteiger partial charge in [0.05, 0.1) is 17.1 Å². The largest absolute Gasteiger partial charge is 0.380 e. The summed E-state index contributed by atoms with van der Waals surface area (Å²) in [4.78, 5) is 0. The van der Waals surface area contributed by atoms with Crippen LogP contribution in [0.15, 0.2) is 54.9 Å². The van der Waals surface area contributed by atoms with Crippen molar-refractivity contribution in [2.75, 3.05) is 0 Å². The highest BCUT2D eigenvalue weighted by atomic mass is 16.3. The van der Waals surface area contributed by atoms with E-state index in [4.69, 9.17) is 0 Å². The maximum atomic E-state index is 10.3. The summed E-state index contributed by atoms with van der Waals surface area (Å²) in [6, 6.07) is 13.4. The smallest absolute Gasteiger partial charge is 0.139 e. The summed E-state index contributed by atoms with van der Waals surface area (Å²) in [5.74, 6) is 0. The Labute approximate surface area is 110 Å². The Balaban J connectivity index is 1.92. The molecule has 2 heterocycles. The quantitative estimate of drug-likeness (QED) is 0.773. The molecule has 1 unspecified atom stereocenters. The molecule has 0 bridgehead atoms. The average Bonchev–Trinajstić information content (AvgIpc) is 3.08. The van der Waals surface area contributed by atoms with Gasteiger partial charge in [-0.2, -0.15) is 10.2 Å². The van der Waals surface area contributed by atoms with E-state index < -0.39 is 6.10 Å². The van der Waals surface area contributed by atoms with Crippen LogP contribution in [-0.4, -0.2) is 24.7 Å². The Kier molecular flexibility index (Phi) is 2.89. The van der Waals surface area contributed by atoms with Crippen molar-refractivity contribution in [2.45, 2.75) is 6.10 Å². The van der Waals surface area contributed by atoms with Gasteiger partial charge in [0.25, 0.3) is 0 Å². The second-order valence-electron chi connectivity index (χ2n) is 4.30. The first kappa shape index (κ1) is 11.7. The third-order valence-electron chi connectivity index (χ3n) is 3.05. The molecule has 1 atom stereocenters. The second kappa shape index (κ2) is 4.70. The van der Waals surface area contributed by atoms with Crippen molar-refractivity contribution in [3.63, 3.8) is 0 Å². The molecule has 0 saturated heterocycles. The van der Waals surface area contributed by atoms with E-state index in [1.54, 1.807) is 28.7 Å². The summed E-state index contributed by atoms with van der Waals surface area (Å²) >= 11 is 0. The molecule has 3 rings (SSSR count). The third-order valence-corrected chi connectivity index (χ3v) is 3.05. The number of aliphatic hydroxyl groups is 1. The first-order valence-corrected chi connectivity index (χ1v) is 6.02. The fourth-order valence-corrected chi connectivity index (χ4v) is 2.01. The maximum absolute atomic E-state index is 10.3. The van der Waals surface area contributed by atoms with Crippen LogP contribution < -0.4 is 0 Å². The van der Waals surface area contributed by atoms with Crippen LogP contribution in [0.3, 0.4) is 0 Å². The molecule has 5 nitrogen and oxygen atoms in total. The van der Waals surface area contributed by atoms with E-state index in [1.807, 2.05) is 42.6 Å². The van der Waals surface area contributed by atoms with E-state index in [0.29, 0.717) is 5.69 Å². The van der Waals surface area contributed by atoms with E-state index >= 15 is 0 Å². The lowest BCUT2D eigenvalue weighted by atomic mass is 10.2. The zero-order valence-corrected chi connectivity index (χ0v) is 10.5. The number of aliphatic hydroxyl groups excluding tert-OH is 1. The number of benzene rings is 1. The molecule has 19 heavy (non-hydrogen) atoms. The molecule has 0 radical (unpaired) electrons. The fourth-order valence-electron chi connectivity index (χ4n) is 2.01. The van der Waals surface area contributed by atoms with Crippen LogP contribution >= 0.6 is 0 Å². The number of rotatable bonds is 3. The molecular formula is C14H14N4O. The molecule has 1 aromatic carbocycles. The predicted octanol–water partition coefficient (Wildman–Crippen LogP) is 1.69. The van der Waals surface area contributed by atoms with Gasteiger partial charge < -0.3 is 5.11 Å². The van der Waals surface area contributed by atoms with Crippen molar-refractivity contribution in [1.29, 1.82) is 0 Å². The Bertz CT molecular complexity index is 672. The minimum absolute atomic E-state index is 0.604. The summed E-state index contributed by atoms with van der Waals surface area (Å²) in [5.41, 5.74) is 2.29. The van der Waals surface area contributed by atoms with Gasteiger partial charge in [-0.15, -0.1) is 0 Å². The molecule has 0 aliphatic heterocycles. The van der Waals surface area contributed by atoms with E-state index in [2.05, 4.69) is 10.2 Å². The normalized spacial score (nSPS) is 12.5. The summed E-state index contributed by atoms with van der Waals surface area (Å²) in [5, 5.41) is 18.7. The molecule has 5 heteroatoms. The predicted molar refractivity (Wildman–Crippen MR) is 70.8 cm³/mol. The summed E-state index contributed by atoms with van der Waals surface area (Å²) in [7, 11) is 1.80. The highest BCUT2D eigenvalue weighted by Gasteiger charge is 2.16. The van der Waals surface area contributed by atoms with Gasteiger partial charge in [-0.25, -0.2) is 4.68 Å². The molecule has 0 aliphatic carbocycles. The molecule has 96 valence electrons. The summed E-state index contributed by atoms with van der Waals surface area (Å²) in [6.45, 7) is 0. The van der Waals surface area contributed by atoms with Crippen LogP contribution in [0.4, 0.5) is 0 Å². The van der Waals surface area contributed by atoms with E-state index in [9.17, 15) is 5.11 Å². The molecule has 0 aliphatic rings. The first-order chi connectivity index (χ1) is 9.25. The van der Waals surface area contributed by atoms with Crippen LogP contribution in [-0.2, 0) is 7.05 Å². The van der Waals surface area contributed by atoms with E-state index in [0.717, 1.165) is 11.4 Å². The van der Waals surface area contributed by atoms with E-state index in [1.165, 1.54) is 0 Å². The zero-order valence-electron chi connectivity index (χ0n) is 10.5. The average molecular weight is 254 g/mol. The minimum Gasteiger partial charge on any atom is -0.380 e. The molecular weight excluding hydrogens is 240 g/mol. The van der Waals surface area contributed by atoms with Crippen molar-refractivity contribution in [2.24, 2.45) is 7.05 Å². The first-order valence-electron chi connectivity index (χ1n) is 6.02. The van der Waals surface area contributed by atoms with Gasteiger partial charge in [0.2, 0.25) is 0 Å². The lowest BCUT2D eigenvalue weighted by Crippen LogP contribution is -2.08. The second-order valence-corrected chi connectivity index (χ2v) is 4.30. The highest BCUT2D eigenvalue weighted by Crippen LogP contribution is 2.20. The van der Waals surface area contributed by atoms with Gasteiger partial charge in [0.1, 0.15) is 6.10 Å². The summed E-state index contributed by atoms with van der Waals surface area (Å²) < 4.78 is 3.39. The molecule has 0 fully saturated rings. The van der Waals surface area contributed by atoms with Crippen molar-refractivity contribution in [3.8, 4) is 5.69 Å². The molecule has 2 aromatic heterocycles. The van der Waals surface area contributed by atoms with Gasteiger partial charge in [-0.1, -0.05) is 18.2 Å².